The minimum Gasteiger partial charge on any atom is -0.377 e. The van der Waals surface area contributed by atoms with Gasteiger partial charge in [0.2, 0.25) is 10.0 Å². The maximum atomic E-state index is 13.1. The van der Waals surface area contributed by atoms with Gasteiger partial charge in [0.25, 0.3) is 0 Å². The summed E-state index contributed by atoms with van der Waals surface area (Å²) in [6, 6.07) is 11.4. The van der Waals surface area contributed by atoms with Gasteiger partial charge in [-0.2, -0.15) is 0 Å². The number of sulfonamides is 1. The lowest BCUT2D eigenvalue weighted by molar-refractivity contribution is -0.0194. The maximum Gasteiger partial charge on any atom is 0.241 e. The normalized spacial score (nSPS) is 29.5. The molecule has 4 saturated carbocycles. The lowest BCUT2D eigenvalue weighted by Crippen LogP contribution is -2.58. The van der Waals surface area contributed by atoms with Crippen molar-refractivity contribution in [3.8, 4) is 0 Å². The van der Waals surface area contributed by atoms with Crippen molar-refractivity contribution in [3.63, 3.8) is 0 Å². The highest BCUT2D eigenvalue weighted by atomic mass is 32.2. The number of fused-ring (bicyclic) bond motifs is 1. The predicted octanol–water partition coefficient (Wildman–Crippen LogP) is 4.13. The van der Waals surface area contributed by atoms with Crippen LogP contribution in [0.15, 0.2) is 41.3 Å². The summed E-state index contributed by atoms with van der Waals surface area (Å²) in [4.78, 5) is 2.38. The summed E-state index contributed by atoms with van der Waals surface area (Å²) in [5.41, 5.74) is 1.36. The Morgan fingerprint density at radius 1 is 0.903 bits per heavy atom. The van der Waals surface area contributed by atoms with E-state index < -0.39 is 10.0 Å². The van der Waals surface area contributed by atoms with E-state index >= 15 is 0 Å². The fourth-order valence-corrected chi connectivity index (χ4v) is 8.24. The fourth-order valence-electron chi connectivity index (χ4n) is 6.94. The van der Waals surface area contributed by atoms with Crippen LogP contribution >= 0.6 is 0 Å². The molecule has 0 heterocycles. The van der Waals surface area contributed by atoms with Crippen LogP contribution < -0.4 is 14.9 Å². The number of hydrogen-bond donors (Lipinski definition) is 2. The number of benzene rings is 2. The molecule has 4 aliphatic carbocycles. The zero-order valence-electron chi connectivity index (χ0n) is 18.7. The van der Waals surface area contributed by atoms with Crippen molar-refractivity contribution < 1.29 is 8.42 Å². The fraction of sp³-hybridized carbons (Fsp3) is 0.600. The van der Waals surface area contributed by atoms with E-state index in [2.05, 4.69) is 10.0 Å². The summed E-state index contributed by atoms with van der Waals surface area (Å²) < 4.78 is 29.0. The van der Waals surface area contributed by atoms with Crippen LogP contribution in [0.3, 0.4) is 0 Å². The number of nitrogens with zero attached hydrogens (tertiary/aromatic N) is 1. The van der Waals surface area contributed by atoms with Gasteiger partial charge in [-0.15, -0.1) is 0 Å². The van der Waals surface area contributed by atoms with Gasteiger partial charge in [0.1, 0.15) is 0 Å². The van der Waals surface area contributed by atoms with Gasteiger partial charge in [-0.05, 0) is 81.4 Å². The largest absolute Gasteiger partial charge is 0.377 e. The van der Waals surface area contributed by atoms with Crippen LogP contribution in [0.25, 0.3) is 10.8 Å². The summed E-state index contributed by atoms with van der Waals surface area (Å²) in [6.07, 6.45) is 9.14. The van der Waals surface area contributed by atoms with Crippen molar-refractivity contribution in [3.05, 3.63) is 36.4 Å². The molecule has 0 saturated heterocycles. The van der Waals surface area contributed by atoms with Crippen LogP contribution in [-0.2, 0) is 10.0 Å². The standard InChI is InChI=1S/C25H35N3O2S/c1-28(2)23-8-3-7-22-21(23)6-4-9-24(22)31(29,30)27-11-5-10-26-25-15-18-12-19(16-25)14-20(13-18)17-25/h3-4,6-9,18-20,26-27H,5,10-17H2,1-2H3. The Morgan fingerprint density at radius 3 is 2.16 bits per heavy atom. The quantitative estimate of drug-likeness (QED) is 0.605. The first-order valence-corrected chi connectivity index (χ1v) is 13.3. The summed E-state index contributed by atoms with van der Waals surface area (Å²) in [5, 5.41) is 5.59. The molecular formula is C25H35N3O2S. The first-order valence-electron chi connectivity index (χ1n) is 11.8. The Bertz CT molecular complexity index is 1030. The molecule has 0 spiro atoms. The number of rotatable bonds is 8. The lowest BCUT2D eigenvalue weighted by Gasteiger charge is -2.57. The van der Waals surface area contributed by atoms with E-state index in [4.69, 9.17) is 0 Å². The number of hydrogen-bond acceptors (Lipinski definition) is 4. The summed E-state index contributed by atoms with van der Waals surface area (Å²) in [7, 11) is 0.403. The Labute approximate surface area is 186 Å². The van der Waals surface area contributed by atoms with Gasteiger partial charge in [0.15, 0.2) is 0 Å². The third-order valence-corrected chi connectivity index (χ3v) is 9.33. The second-order valence-corrected chi connectivity index (χ2v) is 12.1. The van der Waals surface area contributed by atoms with Gasteiger partial charge in [-0.3, -0.25) is 0 Å². The molecule has 168 valence electrons. The molecule has 6 heteroatoms. The molecule has 0 atom stereocenters. The molecule has 4 bridgehead atoms. The van der Waals surface area contributed by atoms with Crippen LogP contribution in [0.2, 0.25) is 0 Å². The van der Waals surface area contributed by atoms with Crippen molar-refractivity contribution in [1.29, 1.82) is 0 Å². The zero-order chi connectivity index (χ0) is 21.6. The van der Waals surface area contributed by atoms with E-state index in [-0.39, 0.29) is 0 Å². The summed E-state index contributed by atoms with van der Waals surface area (Å²) in [5.74, 6) is 2.78. The minimum absolute atomic E-state index is 0.339. The van der Waals surface area contributed by atoms with E-state index in [0.29, 0.717) is 17.0 Å². The molecule has 5 nitrogen and oxygen atoms in total. The Kier molecular flexibility index (Phi) is 5.51. The molecule has 2 aromatic carbocycles. The van der Waals surface area contributed by atoms with Crippen molar-refractivity contribution in [2.75, 3.05) is 32.1 Å². The Balaban J connectivity index is 1.21. The second kappa shape index (κ2) is 8.05. The lowest BCUT2D eigenvalue weighted by atomic mass is 9.53. The highest BCUT2D eigenvalue weighted by molar-refractivity contribution is 7.89. The highest BCUT2D eigenvalue weighted by Crippen LogP contribution is 2.55. The first kappa shape index (κ1) is 21.2. The molecule has 0 aromatic heterocycles. The third kappa shape index (κ3) is 4.10. The van der Waals surface area contributed by atoms with E-state index in [9.17, 15) is 8.42 Å². The summed E-state index contributed by atoms with van der Waals surface area (Å²) in [6.45, 7) is 1.35. The first-order chi connectivity index (χ1) is 14.9. The van der Waals surface area contributed by atoms with E-state index in [1.54, 1.807) is 6.07 Å². The van der Waals surface area contributed by atoms with Crippen LogP contribution in [-0.4, -0.2) is 41.1 Å². The maximum absolute atomic E-state index is 13.1. The van der Waals surface area contributed by atoms with Crippen molar-refractivity contribution in [2.45, 2.75) is 55.4 Å². The van der Waals surface area contributed by atoms with Gasteiger partial charge in [0, 0.05) is 42.6 Å². The average molecular weight is 442 g/mol. The molecule has 31 heavy (non-hydrogen) atoms. The van der Waals surface area contributed by atoms with E-state index in [1.807, 2.05) is 49.3 Å². The molecule has 4 fully saturated rings. The van der Waals surface area contributed by atoms with E-state index in [1.165, 1.54) is 38.5 Å². The molecule has 2 aromatic rings. The zero-order valence-corrected chi connectivity index (χ0v) is 19.5. The van der Waals surface area contributed by atoms with Gasteiger partial charge < -0.3 is 10.2 Å². The van der Waals surface area contributed by atoms with Gasteiger partial charge >= 0.3 is 0 Å². The topological polar surface area (TPSA) is 61.4 Å². The Morgan fingerprint density at radius 2 is 1.52 bits per heavy atom. The third-order valence-electron chi connectivity index (χ3n) is 7.81. The van der Waals surface area contributed by atoms with Gasteiger partial charge in [-0.25, -0.2) is 13.1 Å². The predicted molar refractivity (Wildman–Crippen MR) is 127 cm³/mol. The molecule has 0 radical (unpaired) electrons. The molecule has 6 rings (SSSR count). The molecule has 0 unspecified atom stereocenters. The monoisotopic (exact) mass is 441 g/mol. The van der Waals surface area contributed by atoms with Crippen molar-refractivity contribution >= 4 is 26.5 Å². The SMILES string of the molecule is CN(C)c1cccc2c(S(=O)(=O)NCCCNC34CC5CC(CC(C5)C3)C4)cccc12. The molecule has 0 amide bonds. The second-order valence-electron chi connectivity index (χ2n) is 10.4. The Hall–Kier alpha value is -1.63. The molecule has 4 aliphatic rings. The highest BCUT2D eigenvalue weighted by Gasteiger charge is 2.50. The number of anilines is 1. The average Bonchev–Trinajstić information content (AvgIpc) is 2.71. The smallest absolute Gasteiger partial charge is 0.241 e. The van der Waals surface area contributed by atoms with Crippen LogP contribution in [0.1, 0.15) is 44.9 Å². The van der Waals surface area contributed by atoms with Crippen LogP contribution in [0.5, 0.6) is 0 Å². The van der Waals surface area contributed by atoms with Crippen molar-refractivity contribution in [2.24, 2.45) is 17.8 Å². The van der Waals surface area contributed by atoms with Crippen molar-refractivity contribution in [1.82, 2.24) is 10.0 Å². The van der Waals surface area contributed by atoms with Gasteiger partial charge in [0.05, 0.1) is 4.90 Å². The minimum atomic E-state index is -3.55. The van der Waals surface area contributed by atoms with Crippen LogP contribution in [0, 0.1) is 17.8 Å². The van der Waals surface area contributed by atoms with E-state index in [0.717, 1.165) is 47.2 Å². The molecular weight excluding hydrogens is 406 g/mol. The molecule has 2 N–H and O–H groups in total. The molecule has 0 aliphatic heterocycles. The number of nitrogens with one attached hydrogen (secondary N) is 2. The van der Waals surface area contributed by atoms with Gasteiger partial charge in [-0.1, -0.05) is 24.3 Å². The summed E-state index contributed by atoms with van der Waals surface area (Å²) >= 11 is 0. The van der Waals surface area contributed by atoms with Crippen LogP contribution in [0.4, 0.5) is 5.69 Å².